The predicted octanol–water partition coefficient (Wildman–Crippen LogP) is 3.31. The molecule has 4 aromatic rings. The van der Waals surface area contributed by atoms with E-state index in [2.05, 4.69) is 20.6 Å². The molecule has 3 aromatic heterocycles. The lowest BCUT2D eigenvalue weighted by molar-refractivity contribution is 0.0987. The highest BCUT2D eigenvalue weighted by molar-refractivity contribution is 6.02. The zero-order valence-electron chi connectivity index (χ0n) is 13.3. The van der Waals surface area contributed by atoms with Crippen LogP contribution in [-0.2, 0) is 0 Å². The van der Waals surface area contributed by atoms with Crippen molar-refractivity contribution < 1.29 is 13.7 Å². The van der Waals surface area contributed by atoms with E-state index in [1.807, 2.05) is 6.07 Å². The summed E-state index contributed by atoms with van der Waals surface area (Å²) in [5, 5.41) is 10.6. The van der Waals surface area contributed by atoms with Crippen molar-refractivity contribution in [3.8, 4) is 17.1 Å². The molecule has 0 fully saturated rings. The zero-order valence-corrected chi connectivity index (χ0v) is 13.3. The quantitative estimate of drug-likeness (QED) is 0.611. The van der Waals surface area contributed by atoms with Gasteiger partial charge in [0.05, 0.1) is 17.6 Å². The van der Waals surface area contributed by atoms with Gasteiger partial charge in [0.1, 0.15) is 17.3 Å². The maximum Gasteiger partial charge on any atom is 0.295 e. The second-order valence-electron chi connectivity index (χ2n) is 5.35. The molecule has 0 aliphatic carbocycles. The van der Waals surface area contributed by atoms with Crippen LogP contribution in [0.3, 0.4) is 0 Å². The van der Waals surface area contributed by atoms with Gasteiger partial charge in [0.15, 0.2) is 0 Å². The Balaban J connectivity index is 1.57. The normalized spacial score (nSPS) is 10.7. The number of amides is 1. The minimum absolute atomic E-state index is 0.0256. The molecule has 0 spiro atoms. The van der Waals surface area contributed by atoms with Crippen molar-refractivity contribution >= 4 is 11.7 Å². The SMILES string of the molecule is O=C(Nc1ccnn1-c1cccc(F)c1)c1cc(-c2ccccn2)no1. The molecule has 8 heteroatoms. The van der Waals surface area contributed by atoms with E-state index in [-0.39, 0.29) is 5.76 Å². The fourth-order valence-electron chi connectivity index (χ4n) is 2.41. The van der Waals surface area contributed by atoms with E-state index in [1.165, 1.54) is 29.1 Å². The van der Waals surface area contributed by atoms with Crippen LogP contribution in [0.1, 0.15) is 10.6 Å². The van der Waals surface area contributed by atoms with Crippen molar-refractivity contribution in [2.24, 2.45) is 0 Å². The maximum absolute atomic E-state index is 13.4. The standard InChI is InChI=1S/C18H12FN5O2/c19-12-4-3-5-13(10-12)24-17(7-9-21-24)22-18(25)16-11-15(23-26-16)14-6-1-2-8-20-14/h1-11H,(H,22,25). The highest BCUT2D eigenvalue weighted by atomic mass is 19.1. The molecule has 0 aliphatic rings. The molecule has 0 saturated carbocycles. The average Bonchev–Trinajstić information content (AvgIpc) is 3.32. The van der Waals surface area contributed by atoms with E-state index < -0.39 is 11.7 Å². The second-order valence-corrected chi connectivity index (χ2v) is 5.35. The van der Waals surface area contributed by atoms with E-state index in [1.54, 1.807) is 36.5 Å². The molecule has 0 bridgehead atoms. The number of nitrogens with zero attached hydrogens (tertiary/aromatic N) is 4. The first-order valence-corrected chi connectivity index (χ1v) is 7.70. The fourth-order valence-corrected chi connectivity index (χ4v) is 2.41. The minimum atomic E-state index is -0.502. The van der Waals surface area contributed by atoms with Gasteiger partial charge in [-0.2, -0.15) is 5.10 Å². The van der Waals surface area contributed by atoms with E-state index in [0.29, 0.717) is 22.9 Å². The van der Waals surface area contributed by atoms with Gasteiger partial charge in [0, 0.05) is 18.3 Å². The molecule has 4 rings (SSSR count). The van der Waals surface area contributed by atoms with Crippen LogP contribution in [0, 0.1) is 5.82 Å². The van der Waals surface area contributed by atoms with Crippen LogP contribution in [0.2, 0.25) is 0 Å². The van der Waals surface area contributed by atoms with Gasteiger partial charge in [-0.05, 0) is 30.3 Å². The predicted molar refractivity (Wildman–Crippen MR) is 91.2 cm³/mol. The van der Waals surface area contributed by atoms with E-state index in [0.717, 1.165) is 0 Å². The molecular weight excluding hydrogens is 337 g/mol. The van der Waals surface area contributed by atoms with E-state index in [9.17, 15) is 9.18 Å². The van der Waals surface area contributed by atoms with Gasteiger partial charge >= 0.3 is 0 Å². The number of aromatic nitrogens is 4. The van der Waals surface area contributed by atoms with Crippen LogP contribution in [0.15, 0.2) is 71.5 Å². The Morgan fingerprint density at radius 3 is 2.77 bits per heavy atom. The molecule has 26 heavy (non-hydrogen) atoms. The maximum atomic E-state index is 13.4. The van der Waals surface area contributed by atoms with E-state index >= 15 is 0 Å². The van der Waals surface area contributed by atoms with Gasteiger partial charge < -0.3 is 9.84 Å². The highest BCUT2D eigenvalue weighted by Gasteiger charge is 2.17. The van der Waals surface area contributed by atoms with Gasteiger partial charge in [0.25, 0.3) is 5.91 Å². The fraction of sp³-hybridized carbons (Fsp3) is 0. The monoisotopic (exact) mass is 349 g/mol. The van der Waals surface area contributed by atoms with Crippen LogP contribution in [-0.4, -0.2) is 25.8 Å². The number of carbonyl (C=O) groups is 1. The molecule has 0 saturated heterocycles. The number of nitrogens with one attached hydrogen (secondary N) is 1. The minimum Gasteiger partial charge on any atom is -0.350 e. The third-order valence-electron chi connectivity index (χ3n) is 3.60. The summed E-state index contributed by atoms with van der Waals surface area (Å²) in [6, 6.07) is 14.3. The average molecular weight is 349 g/mol. The van der Waals surface area contributed by atoms with Crippen molar-refractivity contribution in [3.63, 3.8) is 0 Å². The first kappa shape index (κ1) is 15.7. The summed E-state index contributed by atoms with van der Waals surface area (Å²) in [4.78, 5) is 16.6. The third-order valence-corrected chi connectivity index (χ3v) is 3.60. The second kappa shape index (κ2) is 6.60. The number of carbonyl (C=O) groups excluding carboxylic acids is 1. The van der Waals surface area contributed by atoms with Crippen molar-refractivity contribution in [2.75, 3.05) is 5.32 Å². The lowest BCUT2D eigenvalue weighted by atomic mass is 10.2. The lowest BCUT2D eigenvalue weighted by Gasteiger charge is -2.07. The van der Waals surface area contributed by atoms with Gasteiger partial charge in [-0.15, -0.1) is 0 Å². The van der Waals surface area contributed by atoms with Crippen LogP contribution in [0.4, 0.5) is 10.2 Å². The topological polar surface area (TPSA) is 85.8 Å². The number of pyridine rings is 1. The summed E-state index contributed by atoms with van der Waals surface area (Å²) in [7, 11) is 0. The summed E-state index contributed by atoms with van der Waals surface area (Å²) in [6.45, 7) is 0. The first-order valence-electron chi connectivity index (χ1n) is 7.70. The molecule has 0 aliphatic heterocycles. The molecule has 1 amide bonds. The lowest BCUT2D eigenvalue weighted by Crippen LogP contribution is -2.14. The Hall–Kier alpha value is -3.81. The zero-order chi connectivity index (χ0) is 17.9. The Bertz CT molecular complexity index is 1060. The molecule has 1 aromatic carbocycles. The van der Waals surface area contributed by atoms with Crippen molar-refractivity contribution in [3.05, 3.63) is 78.6 Å². The number of rotatable bonds is 4. The Labute approximate surface area is 147 Å². The number of hydrogen-bond acceptors (Lipinski definition) is 5. The first-order chi connectivity index (χ1) is 12.7. The summed E-state index contributed by atoms with van der Waals surface area (Å²) < 4.78 is 19.9. The number of hydrogen-bond donors (Lipinski definition) is 1. The highest BCUT2D eigenvalue weighted by Crippen LogP contribution is 2.19. The van der Waals surface area contributed by atoms with Crippen LogP contribution >= 0.6 is 0 Å². The molecule has 0 unspecified atom stereocenters. The third kappa shape index (κ3) is 3.07. The van der Waals surface area contributed by atoms with Crippen LogP contribution in [0.5, 0.6) is 0 Å². The smallest absolute Gasteiger partial charge is 0.295 e. The van der Waals surface area contributed by atoms with Crippen molar-refractivity contribution in [2.45, 2.75) is 0 Å². The van der Waals surface area contributed by atoms with Gasteiger partial charge in [0.2, 0.25) is 5.76 Å². The van der Waals surface area contributed by atoms with Gasteiger partial charge in [-0.1, -0.05) is 17.3 Å². The molecule has 1 N–H and O–H groups in total. The molecule has 7 nitrogen and oxygen atoms in total. The van der Waals surface area contributed by atoms with Crippen molar-refractivity contribution in [1.29, 1.82) is 0 Å². The Morgan fingerprint density at radius 2 is 1.96 bits per heavy atom. The summed E-state index contributed by atoms with van der Waals surface area (Å²) >= 11 is 0. The number of anilines is 1. The number of halogens is 1. The van der Waals surface area contributed by atoms with Gasteiger partial charge in [-0.3, -0.25) is 9.78 Å². The molecular formula is C18H12FN5O2. The van der Waals surface area contributed by atoms with Gasteiger partial charge in [-0.25, -0.2) is 9.07 Å². The Kier molecular flexibility index (Phi) is 3.98. The van der Waals surface area contributed by atoms with Crippen molar-refractivity contribution in [1.82, 2.24) is 19.9 Å². The molecule has 128 valence electrons. The summed E-state index contributed by atoms with van der Waals surface area (Å²) in [6.07, 6.45) is 3.13. The summed E-state index contributed by atoms with van der Waals surface area (Å²) in [5.41, 5.74) is 1.53. The largest absolute Gasteiger partial charge is 0.350 e. The van der Waals surface area contributed by atoms with Crippen LogP contribution < -0.4 is 5.32 Å². The van der Waals surface area contributed by atoms with E-state index in [4.69, 9.17) is 4.52 Å². The van der Waals surface area contributed by atoms with Crippen LogP contribution in [0.25, 0.3) is 17.1 Å². The summed E-state index contributed by atoms with van der Waals surface area (Å²) in [5.74, 6) is -0.502. The molecule has 0 radical (unpaired) electrons. The molecule has 3 heterocycles. The Morgan fingerprint density at radius 1 is 1.04 bits per heavy atom. The number of benzene rings is 1. The molecule has 0 atom stereocenters.